The van der Waals surface area contributed by atoms with Gasteiger partial charge in [-0.15, -0.1) is 0 Å². The van der Waals surface area contributed by atoms with Crippen LogP contribution < -0.4 is 4.90 Å². The summed E-state index contributed by atoms with van der Waals surface area (Å²) in [6, 6.07) is 12.6. The Morgan fingerprint density at radius 2 is 1.69 bits per heavy atom. The number of hydrogen-bond acceptors (Lipinski definition) is 5. The van der Waals surface area contributed by atoms with Gasteiger partial charge in [-0.1, -0.05) is 19.1 Å². The monoisotopic (exact) mass is 526 g/mol. The first kappa shape index (κ1) is 21.8. The topological polar surface area (TPSA) is 74.8 Å². The minimum absolute atomic E-state index is 0.122. The summed E-state index contributed by atoms with van der Waals surface area (Å²) in [5.41, 5.74) is 2.47. The summed E-state index contributed by atoms with van der Waals surface area (Å²) >= 11 is 2.06. The van der Waals surface area contributed by atoms with E-state index in [9.17, 15) is 18.0 Å². The molecular weight excluding hydrogens is 503 g/mol. The molecule has 2 aromatic rings. The van der Waals surface area contributed by atoms with Gasteiger partial charge in [0.25, 0.3) is 5.91 Å². The van der Waals surface area contributed by atoms with Gasteiger partial charge in [-0.05, 0) is 58.5 Å². The second-order valence-electron chi connectivity index (χ2n) is 7.21. The first-order chi connectivity index (χ1) is 13.7. The second kappa shape index (κ2) is 8.83. The standard InChI is InChI=1S/C21H23IN2O4S/c1-15(14-25)16-3-5-17(6-4-16)23-9-11-24(12-10-23)21(26)19-13-18(29(2,27)28)7-8-20(19)22/h3-8,13-15H,9-12H2,1-2H3. The van der Waals surface area contributed by atoms with Crippen LogP contribution in [0.2, 0.25) is 0 Å². The molecule has 0 spiro atoms. The number of sulfone groups is 1. The number of hydrogen-bond donors (Lipinski definition) is 0. The molecule has 29 heavy (non-hydrogen) atoms. The fraction of sp³-hybridized carbons (Fsp3) is 0.333. The van der Waals surface area contributed by atoms with Crippen molar-refractivity contribution in [2.24, 2.45) is 0 Å². The Labute approximate surface area is 184 Å². The molecule has 6 nitrogen and oxygen atoms in total. The van der Waals surface area contributed by atoms with Gasteiger partial charge in [0.15, 0.2) is 9.84 Å². The van der Waals surface area contributed by atoms with Gasteiger partial charge in [-0.25, -0.2) is 8.42 Å². The summed E-state index contributed by atoms with van der Waals surface area (Å²) in [4.78, 5) is 28.0. The number of carbonyl (C=O) groups is 2. The lowest BCUT2D eigenvalue weighted by molar-refractivity contribution is -0.108. The fourth-order valence-electron chi connectivity index (χ4n) is 3.30. The average molecular weight is 526 g/mol. The van der Waals surface area contributed by atoms with Crippen molar-refractivity contribution >= 4 is 50.3 Å². The van der Waals surface area contributed by atoms with Crippen molar-refractivity contribution in [2.75, 3.05) is 37.3 Å². The molecule has 0 radical (unpaired) electrons. The van der Waals surface area contributed by atoms with E-state index in [4.69, 9.17) is 0 Å². The van der Waals surface area contributed by atoms with Gasteiger partial charge in [-0.2, -0.15) is 0 Å². The predicted octanol–water partition coefficient (Wildman–Crippen LogP) is 2.96. The minimum atomic E-state index is -3.37. The molecule has 1 aliphatic rings. The maximum Gasteiger partial charge on any atom is 0.255 e. The van der Waals surface area contributed by atoms with Crippen LogP contribution in [-0.4, -0.2) is 57.9 Å². The van der Waals surface area contributed by atoms with Crippen LogP contribution in [0, 0.1) is 3.57 Å². The maximum atomic E-state index is 13.0. The van der Waals surface area contributed by atoms with Gasteiger partial charge in [0, 0.05) is 47.6 Å². The maximum absolute atomic E-state index is 13.0. The number of nitrogens with zero attached hydrogens (tertiary/aromatic N) is 2. The molecule has 1 aliphatic heterocycles. The quantitative estimate of drug-likeness (QED) is 0.443. The van der Waals surface area contributed by atoms with Crippen LogP contribution >= 0.6 is 22.6 Å². The Morgan fingerprint density at radius 3 is 2.24 bits per heavy atom. The number of anilines is 1. The van der Waals surface area contributed by atoms with Crippen LogP contribution in [0.3, 0.4) is 0 Å². The molecule has 0 saturated carbocycles. The lowest BCUT2D eigenvalue weighted by Crippen LogP contribution is -2.49. The van der Waals surface area contributed by atoms with Crippen molar-refractivity contribution in [1.29, 1.82) is 0 Å². The van der Waals surface area contributed by atoms with Gasteiger partial charge < -0.3 is 14.6 Å². The zero-order chi connectivity index (χ0) is 21.2. The highest BCUT2D eigenvalue weighted by Crippen LogP contribution is 2.23. The van der Waals surface area contributed by atoms with E-state index in [0.29, 0.717) is 31.7 Å². The van der Waals surface area contributed by atoms with Crippen molar-refractivity contribution < 1.29 is 18.0 Å². The SMILES string of the molecule is CC(C=O)c1ccc(N2CCN(C(=O)c3cc(S(C)(=O)=O)ccc3I)CC2)cc1. The largest absolute Gasteiger partial charge is 0.368 e. The van der Waals surface area contributed by atoms with Crippen LogP contribution in [0.1, 0.15) is 28.8 Å². The summed E-state index contributed by atoms with van der Waals surface area (Å²) in [6.07, 6.45) is 2.07. The smallest absolute Gasteiger partial charge is 0.255 e. The Balaban J connectivity index is 1.69. The molecule has 1 amide bonds. The minimum Gasteiger partial charge on any atom is -0.368 e. The second-order valence-corrected chi connectivity index (χ2v) is 10.4. The third-order valence-corrected chi connectivity index (χ3v) is 7.20. The van der Waals surface area contributed by atoms with Crippen LogP contribution in [0.5, 0.6) is 0 Å². The number of halogens is 1. The van der Waals surface area contributed by atoms with Crippen LogP contribution in [0.25, 0.3) is 0 Å². The Kier molecular flexibility index (Phi) is 6.62. The molecule has 1 atom stereocenters. The number of benzene rings is 2. The van der Waals surface area contributed by atoms with Gasteiger partial charge in [0.05, 0.1) is 10.5 Å². The molecule has 0 aromatic heterocycles. The predicted molar refractivity (Wildman–Crippen MR) is 121 cm³/mol. The van der Waals surface area contributed by atoms with E-state index in [1.165, 1.54) is 12.1 Å². The number of piperazine rings is 1. The zero-order valence-corrected chi connectivity index (χ0v) is 19.3. The molecular formula is C21H23IN2O4S. The summed E-state index contributed by atoms with van der Waals surface area (Å²) in [7, 11) is -3.37. The van der Waals surface area contributed by atoms with Crippen LogP contribution in [0.15, 0.2) is 47.4 Å². The molecule has 154 valence electrons. The molecule has 1 unspecified atom stereocenters. The Bertz CT molecular complexity index is 1010. The molecule has 1 fully saturated rings. The van der Waals surface area contributed by atoms with Crippen molar-refractivity contribution in [3.63, 3.8) is 0 Å². The van der Waals surface area contributed by atoms with Crippen molar-refractivity contribution in [3.05, 3.63) is 57.2 Å². The van der Waals surface area contributed by atoms with E-state index in [2.05, 4.69) is 27.5 Å². The van der Waals surface area contributed by atoms with Gasteiger partial charge in [0.1, 0.15) is 6.29 Å². The summed E-state index contributed by atoms with van der Waals surface area (Å²) in [5, 5.41) is 0. The highest BCUT2D eigenvalue weighted by molar-refractivity contribution is 14.1. The highest BCUT2D eigenvalue weighted by Gasteiger charge is 2.25. The number of amides is 1. The van der Waals surface area contributed by atoms with Crippen LogP contribution in [-0.2, 0) is 14.6 Å². The zero-order valence-electron chi connectivity index (χ0n) is 16.3. The van der Waals surface area contributed by atoms with Crippen molar-refractivity contribution in [1.82, 2.24) is 4.90 Å². The average Bonchev–Trinajstić information content (AvgIpc) is 2.72. The number of rotatable bonds is 5. The molecule has 1 saturated heterocycles. The lowest BCUT2D eigenvalue weighted by Gasteiger charge is -2.36. The summed E-state index contributed by atoms with van der Waals surface area (Å²) < 4.78 is 24.4. The molecule has 0 N–H and O–H groups in total. The Morgan fingerprint density at radius 1 is 1.07 bits per heavy atom. The van der Waals surface area contributed by atoms with E-state index < -0.39 is 9.84 Å². The van der Waals surface area contributed by atoms with Crippen LogP contribution in [0.4, 0.5) is 5.69 Å². The van der Waals surface area contributed by atoms with E-state index >= 15 is 0 Å². The van der Waals surface area contributed by atoms with E-state index in [-0.39, 0.29) is 16.7 Å². The third-order valence-electron chi connectivity index (χ3n) is 5.15. The van der Waals surface area contributed by atoms with E-state index in [1.807, 2.05) is 31.2 Å². The lowest BCUT2D eigenvalue weighted by atomic mass is 10.0. The molecule has 0 bridgehead atoms. The first-order valence-corrected chi connectivity index (χ1v) is 12.3. The summed E-state index contributed by atoms with van der Waals surface area (Å²) in [5.74, 6) is -0.265. The van der Waals surface area contributed by atoms with Crippen molar-refractivity contribution in [2.45, 2.75) is 17.7 Å². The van der Waals surface area contributed by atoms with Crippen molar-refractivity contribution in [3.8, 4) is 0 Å². The Hall–Kier alpha value is -1.94. The van der Waals surface area contributed by atoms with Gasteiger partial charge in [0.2, 0.25) is 0 Å². The normalized spacial score (nSPS) is 15.8. The molecule has 2 aromatic carbocycles. The highest BCUT2D eigenvalue weighted by atomic mass is 127. The first-order valence-electron chi connectivity index (χ1n) is 9.30. The number of aldehydes is 1. The molecule has 0 aliphatic carbocycles. The fourth-order valence-corrected chi connectivity index (χ4v) is 4.52. The third kappa shape index (κ3) is 4.98. The van der Waals surface area contributed by atoms with Gasteiger partial charge >= 0.3 is 0 Å². The molecule has 3 rings (SSSR count). The van der Waals surface area contributed by atoms with E-state index in [1.54, 1.807) is 11.0 Å². The van der Waals surface area contributed by atoms with E-state index in [0.717, 1.165) is 27.4 Å². The molecule has 1 heterocycles. The molecule has 8 heteroatoms. The summed E-state index contributed by atoms with van der Waals surface area (Å²) in [6.45, 7) is 4.37. The number of carbonyl (C=O) groups excluding carboxylic acids is 2. The van der Waals surface area contributed by atoms with Gasteiger partial charge in [-0.3, -0.25) is 4.79 Å².